The summed E-state index contributed by atoms with van der Waals surface area (Å²) in [7, 11) is 0. The summed E-state index contributed by atoms with van der Waals surface area (Å²) < 4.78 is 2.03. The Kier molecular flexibility index (Phi) is 7.87. The molecule has 220 valence electrons. The van der Waals surface area contributed by atoms with Crippen molar-refractivity contribution in [2.75, 3.05) is 26.2 Å². The number of aromatic amines is 1. The fraction of sp³-hybridized carbons (Fsp3) is 0.371. The first kappa shape index (κ1) is 27.7. The largest absolute Gasteiger partial charge is 0.321 e. The molecule has 0 radical (unpaired) electrons. The van der Waals surface area contributed by atoms with E-state index in [1.807, 2.05) is 23.7 Å². The summed E-state index contributed by atoms with van der Waals surface area (Å²) in [6, 6.07) is 29.9. The number of hydrogen-bond acceptors (Lipinski definition) is 6. The fourth-order valence-electron chi connectivity index (χ4n) is 7.21. The molecule has 0 amide bonds. The van der Waals surface area contributed by atoms with Crippen LogP contribution in [-0.2, 0) is 0 Å². The van der Waals surface area contributed by atoms with Crippen molar-refractivity contribution in [2.24, 2.45) is 0 Å². The number of rotatable bonds is 7. The lowest BCUT2D eigenvalue weighted by Gasteiger charge is -2.42. The highest BCUT2D eigenvalue weighted by atomic mass is 16.1. The molecule has 1 unspecified atom stereocenters. The van der Waals surface area contributed by atoms with Crippen LogP contribution in [0, 0.1) is 6.92 Å². The minimum absolute atomic E-state index is 0.0705. The van der Waals surface area contributed by atoms with Crippen LogP contribution in [0.5, 0.6) is 0 Å². The molecule has 7 rings (SSSR count). The number of nitrogens with one attached hydrogen (secondary N) is 1. The molecule has 1 saturated carbocycles. The van der Waals surface area contributed by atoms with Gasteiger partial charge < -0.3 is 4.98 Å². The van der Waals surface area contributed by atoms with Crippen molar-refractivity contribution < 1.29 is 0 Å². The molecule has 2 aliphatic rings. The maximum atomic E-state index is 13.8. The number of benzene rings is 3. The van der Waals surface area contributed by atoms with Crippen LogP contribution >= 0.6 is 0 Å². The number of aryl methyl sites for hydroxylation is 1. The average molecular weight is 574 g/mol. The highest BCUT2D eigenvalue weighted by molar-refractivity contribution is 5.82. The summed E-state index contributed by atoms with van der Waals surface area (Å²) in [5.41, 5.74) is 5.17. The van der Waals surface area contributed by atoms with Gasteiger partial charge in [0.2, 0.25) is 0 Å². The lowest BCUT2D eigenvalue weighted by molar-refractivity contribution is 0.0845. The van der Waals surface area contributed by atoms with Gasteiger partial charge in [-0.2, -0.15) is 0 Å². The van der Waals surface area contributed by atoms with Crippen molar-refractivity contribution in [1.82, 2.24) is 35.0 Å². The monoisotopic (exact) mass is 573 g/mol. The van der Waals surface area contributed by atoms with Crippen LogP contribution in [0.3, 0.4) is 0 Å². The third-order valence-electron chi connectivity index (χ3n) is 9.40. The van der Waals surface area contributed by atoms with Crippen LogP contribution in [0.15, 0.2) is 89.7 Å². The number of nitrogens with zero attached hydrogens (tertiary/aromatic N) is 6. The van der Waals surface area contributed by atoms with Crippen molar-refractivity contribution in [2.45, 2.75) is 57.2 Å². The van der Waals surface area contributed by atoms with Gasteiger partial charge >= 0.3 is 0 Å². The minimum atomic E-state index is -0.334. The van der Waals surface area contributed by atoms with E-state index in [9.17, 15) is 4.79 Å². The van der Waals surface area contributed by atoms with E-state index in [0.29, 0.717) is 5.56 Å². The van der Waals surface area contributed by atoms with Gasteiger partial charge in [-0.3, -0.25) is 14.6 Å². The van der Waals surface area contributed by atoms with Crippen molar-refractivity contribution in [1.29, 1.82) is 0 Å². The topological polar surface area (TPSA) is 82.9 Å². The SMILES string of the molecule is Cc1cccc2cc(C(c3nnnn3C3CCCCC3)N3CCN(C(c4ccccc4)c4ccccc4)CC3)c(=O)[nH]c12. The second-order valence-electron chi connectivity index (χ2n) is 12.1. The summed E-state index contributed by atoms with van der Waals surface area (Å²) in [5.74, 6) is 0.778. The number of para-hydroxylation sites is 1. The molecule has 8 heteroatoms. The first-order valence-corrected chi connectivity index (χ1v) is 15.7. The number of pyridine rings is 1. The molecule has 3 aromatic carbocycles. The Morgan fingerprint density at radius 1 is 0.767 bits per heavy atom. The summed E-state index contributed by atoms with van der Waals surface area (Å²) in [4.78, 5) is 22.0. The Morgan fingerprint density at radius 3 is 2.05 bits per heavy atom. The number of H-pyrrole nitrogens is 1. The zero-order valence-electron chi connectivity index (χ0n) is 24.8. The number of aromatic nitrogens is 5. The van der Waals surface area contributed by atoms with Gasteiger partial charge in [0, 0.05) is 31.7 Å². The smallest absolute Gasteiger partial charge is 0.253 e. The standard InChI is InChI=1S/C35H39N7O/c1-25-12-11-17-28-24-30(35(43)36-31(25)28)33(34-37-38-39-42(34)29-18-9-4-10-19-29)41-22-20-40(21-23-41)32(26-13-5-2-6-14-26)27-15-7-3-8-16-27/h2-3,5-8,11-17,24,29,32-33H,4,9-10,18-23H2,1H3,(H,36,43). The van der Waals surface area contributed by atoms with E-state index < -0.39 is 0 Å². The third-order valence-corrected chi connectivity index (χ3v) is 9.40. The zero-order chi connectivity index (χ0) is 29.2. The van der Waals surface area contributed by atoms with Crippen LogP contribution < -0.4 is 5.56 Å². The van der Waals surface area contributed by atoms with E-state index >= 15 is 0 Å². The molecule has 1 N–H and O–H groups in total. The normalized spacial score (nSPS) is 17.9. The molecule has 5 aromatic rings. The van der Waals surface area contributed by atoms with E-state index in [1.54, 1.807) is 0 Å². The molecule has 0 bridgehead atoms. The second-order valence-corrected chi connectivity index (χ2v) is 12.1. The second kappa shape index (κ2) is 12.2. The molecule has 0 spiro atoms. The van der Waals surface area contributed by atoms with E-state index in [0.717, 1.165) is 61.3 Å². The Hall–Kier alpha value is -4.14. The van der Waals surface area contributed by atoms with Crippen LogP contribution in [-0.4, -0.2) is 61.2 Å². The lowest BCUT2D eigenvalue weighted by atomic mass is 9.94. The van der Waals surface area contributed by atoms with Crippen LogP contribution in [0.1, 0.15) is 78.3 Å². The van der Waals surface area contributed by atoms with Gasteiger partial charge in [0.15, 0.2) is 5.82 Å². The predicted octanol–water partition coefficient (Wildman–Crippen LogP) is 5.82. The number of piperazine rings is 1. The molecule has 1 atom stereocenters. The molecule has 1 aliphatic carbocycles. The van der Waals surface area contributed by atoms with Gasteiger partial charge in [-0.05, 0) is 58.3 Å². The summed E-state index contributed by atoms with van der Waals surface area (Å²) >= 11 is 0. The molecule has 2 fully saturated rings. The lowest BCUT2D eigenvalue weighted by Crippen LogP contribution is -2.50. The van der Waals surface area contributed by atoms with Gasteiger partial charge in [-0.25, -0.2) is 4.68 Å². The number of hydrogen-bond donors (Lipinski definition) is 1. The third kappa shape index (κ3) is 5.53. The quantitative estimate of drug-likeness (QED) is 0.264. The molecular formula is C35H39N7O. The number of fused-ring (bicyclic) bond motifs is 1. The predicted molar refractivity (Wildman–Crippen MR) is 169 cm³/mol. The summed E-state index contributed by atoms with van der Waals surface area (Å²) in [5, 5.41) is 14.4. The molecule has 1 saturated heterocycles. The Labute approximate surface area is 252 Å². The first-order valence-electron chi connectivity index (χ1n) is 15.7. The molecule has 1 aliphatic heterocycles. The van der Waals surface area contributed by atoms with E-state index in [-0.39, 0.29) is 23.7 Å². The van der Waals surface area contributed by atoms with Gasteiger partial charge in [0.05, 0.1) is 17.6 Å². The van der Waals surface area contributed by atoms with Crippen LogP contribution in [0.4, 0.5) is 0 Å². The highest BCUT2D eigenvalue weighted by Crippen LogP contribution is 2.35. The van der Waals surface area contributed by atoms with Crippen molar-refractivity contribution in [3.63, 3.8) is 0 Å². The van der Waals surface area contributed by atoms with Crippen LogP contribution in [0.25, 0.3) is 10.9 Å². The molecule has 8 nitrogen and oxygen atoms in total. The van der Waals surface area contributed by atoms with Crippen molar-refractivity contribution >= 4 is 10.9 Å². The highest BCUT2D eigenvalue weighted by Gasteiger charge is 2.36. The Morgan fingerprint density at radius 2 is 1.40 bits per heavy atom. The maximum Gasteiger partial charge on any atom is 0.253 e. The molecule has 3 heterocycles. The van der Waals surface area contributed by atoms with E-state index in [1.165, 1.54) is 30.4 Å². The maximum absolute atomic E-state index is 13.8. The van der Waals surface area contributed by atoms with Gasteiger partial charge in [0.1, 0.15) is 6.04 Å². The molecular weight excluding hydrogens is 534 g/mol. The Bertz CT molecular complexity index is 1680. The average Bonchev–Trinajstić information content (AvgIpc) is 3.54. The first-order chi connectivity index (χ1) is 21.2. The molecule has 2 aromatic heterocycles. The fourth-order valence-corrected chi connectivity index (χ4v) is 7.21. The Balaban J connectivity index is 1.25. The van der Waals surface area contributed by atoms with Gasteiger partial charge in [0.25, 0.3) is 5.56 Å². The van der Waals surface area contributed by atoms with E-state index in [2.05, 4.69) is 103 Å². The summed E-state index contributed by atoms with van der Waals surface area (Å²) in [6.45, 7) is 5.35. The number of tetrazole rings is 1. The van der Waals surface area contributed by atoms with Crippen molar-refractivity contribution in [3.05, 3.63) is 123 Å². The van der Waals surface area contributed by atoms with Gasteiger partial charge in [-0.1, -0.05) is 98.1 Å². The molecule has 43 heavy (non-hydrogen) atoms. The zero-order valence-corrected chi connectivity index (χ0v) is 24.8. The van der Waals surface area contributed by atoms with Gasteiger partial charge in [-0.15, -0.1) is 5.10 Å². The van der Waals surface area contributed by atoms with Crippen molar-refractivity contribution in [3.8, 4) is 0 Å². The van der Waals surface area contributed by atoms with E-state index in [4.69, 9.17) is 0 Å². The minimum Gasteiger partial charge on any atom is -0.321 e. The van der Waals surface area contributed by atoms with Crippen LogP contribution in [0.2, 0.25) is 0 Å². The summed E-state index contributed by atoms with van der Waals surface area (Å²) in [6.07, 6.45) is 5.77.